The quantitative estimate of drug-likeness (QED) is 0.623. The molecule has 1 saturated heterocycles. The van der Waals surface area contributed by atoms with E-state index in [4.69, 9.17) is 10.8 Å². The van der Waals surface area contributed by atoms with Gasteiger partial charge in [-0.05, 0) is 25.9 Å². The number of carbonyl (C=O) groups is 1. The van der Waals surface area contributed by atoms with E-state index in [0.29, 0.717) is 6.54 Å². The first-order valence-electron chi connectivity index (χ1n) is 4.41. The van der Waals surface area contributed by atoms with Crippen molar-refractivity contribution in [1.29, 1.82) is 0 Å². The second kappa shape index (κ2) is 4.42. The predicted molar refractivity (Wildman–Crippen MR) is 45.9 cm³/mol. The molecule has 0 aromatic rings. The molecule has 4 nitrogen and oxygen atoms in total. The molecule has 0 saturated carbocycles. The number of carboxylic acids is 1. The number of rotatable bonds is 3. The van der Waals surface area contributed by atoms with Crippen LogP contribution in [0.3, 0.4) is 0 Å². The summed E-state index contributed by atoms with van der Waals surface area (Å²) >= 11 is 0. The normalized spacial score (nSPS) is 22.1. The average molecular weight is 172 g/mol. The second-order valence-corrected chi connectivity index (χ2v) is 3.31. The Morgan fingerprint density at radius 1 is 1.42 bits per heavy atom. The Labute approximate surface area is 72.3 Å². The molecule has 70 valence electrons. The summed E-state index contributed by atoms with van der Waals surface area (Å²) < 4.78 is 0. The van der Waals surface area contributed by atoms with Crippen LogP contribution >= 0.6 is 0 Å². The number of carboxylic acid groups (broad SMARTS) is 1. The van der Waals surface area contributed by atoms with Gasteiger partial charge in [0.25, 0.3) is 0 Å². The van der Waals surface area contributed by atoms with E-state index in [2.05, 4.69) is 4.90 Å². The van der Waals surface area contributed by atoms with Gasteiger partial charge in [0.1, 0.15) is 6.04 Å². The van der Waals surface area contributed by atoms with Crippen LogP contribution in [0.5, 0.6) is 0 Å². The maximum atomic E-state index is 10.4. The monoisotopic (exact) mass is 172 g/mol. The van der Waals surface area contributed by atoms with Crippen molar-refractivity contribution in [2.24, 2.45) is 5.73 Å². The number of likely N-dealkylation sites (tertiary alicyclic amines) is 1. The van der Waals surface area contributed by atoms with Gasteiger partial charge in [-0.15, -0.1) is 0 Å². The predicted octanol–water partition coefficient (Wildman–Crippen LogP) is -0.116. The van der Waals surface area contributed by atoms with Gasteiger partial charge in [0.2, 0.25) is 0 Å². The lowest BCUT2D eigenvalue weighted by molar-refractivity contribution is -0.139. The molecule has 4 heteroatoms. The third-order valence-electron chi connectivity index (χ3n) is 2.22. The van der Waals surface area contributed by atoms with Crippen molar-refractivity contribution in [2.45, 2.75) is 25.3 Å². The van der Waals surface area contributed by atoms with E-state index in [1.54, 1.807) is 0 Å². The molecule has 3 N–H and O–H groups in total. The van der Waals surface area contributed by atoms with Crippen LogP contribution in [0.4, 0.5) is 0 Å². The standard InChI is InChI=1S/C8H16N2O2/c9-7(8(11)12)6-10-4-2-1-3-5-10/h7H,1-6,9H2,(H,11,12)/t7-/m0/s1. The minimum Gasteiger partial charge on any atom is -0.480 e. The van der Waals surface area contributed by atoms with E-state index >= 15 is 0 Å². The van der Waals surface area contributed by atoms with Gasteiger partial charge in [0.05, 0.1) is 0 Å². The van der Waals surface area contributed by atoms with Gasteiger partial charge in [-0.25, -0.2) is 0 Å². The Balaban J connectivity index is 2.24. The van der Waals surface area contributed by atoms with Crippen LogP contribution in [-0.2, 0) is 4.79 Å². The summed E-state index contributed by atoms with van der Waals surface area (Å²) in [6.07, 6.45) is 3.61. The summed E-state index contributed by atoms with van der Waals surface area (Å²) in [5.41, 5.74) is 5.41. The Bertz CT molecular complexity index is 155. The van der Waals surface area contributed by atoms with Crippen LogP contribution in [0.1, 0.15) is 19.3 Å². The molecule has 0 unspecified atom stereocenters. The molecule has 0 amide bonds. The highest BCUT2D eigenvalue weighted by Crippen LogP contribution is 2.08. The smallest absolute Gasteiger partial charge is 0.321 e. The Morgan fingerprint density at radius 3 is 2.50 bits per heavy atom. The fraction of sp³-hybridized carbons (Fsp3) is 0.875. The lowest BCUT2D eigenvalue weighted by atomic mass is 10.1. The lowest BCUT2D eigenvalue weighted by Crippen LogP contribution is -2.44. The highest BCUT2D eigenvalue weighted by atomic mass is 16.4. The lowest BCUT2D eigenvalue weighted by Gasteiger charge is -2.27. The minimum atomic E-state index is -0.902. The molecule has 1 atom stereocenters. The van der Waals surface area contributed by atoms with Crippen molar-refractivity contribution < 1.29 is 9.90 Å². The largest absolute Gasteiger partial charge is 0.480 e. The van der Waals surface area contributed by atoms with E-state index in [-0.39, 0.29) is 0 Å². The molecule has 0 spiro atoms. The van der Waals surface area contributed by atoms with Crippen LogP contribution in [0.25, 0.3) is 0 Å². The average Bonchev–Trinajstić information content (AvgIpc) is 2.06. The van der Waals surface area contributed by atoms with E-state index in [1.807, 2.05) is 0 Å². The molecule has 1 fully saturated rings. The highest BCUT2D eigenvalue weighted by molar-refractivity contribution is 5.73. The topological polar surface area (TPSA) is 66.6 Å². The van der Waals surface area contributed by atoms with Crippen LogP contribution in [0, 0.1) is 0 Å². The van der Waals surface area contributed by atoms with Crippen molar-refractivity contribution in [3.05, 3.63) is 0 Å². The number of hydrogen-bond donors (Lipinski definition) is 2. The molecular weight excluding hydrogens is 156 g/mol. The zero-order chi connectivity index (χ0) is 8.97. The Kier molecular flexibility index (Phi) is 3.49. The molecule has 1 heterocycles. The molecule has 0 radical (unpaired) electrons. The second-order valence-electron chi connectivity index (χ2n) is 3.31. The number of nitrogens with zero attached hydrogens (tertiary/aromatic N) is 1. The number of piperidine rings is 1. The maximum absolute atomic E-state index is 10.4. The molecule has 0 aliphatic carbocycles. The van der Waals surface area contributed by atoms with Crippen LogP contribution < -0.4 is 5.73 Å². The number of nitrogens with two attached hydrogens (primary N) is 1. The molecule has 1 aliphatic rings. The van der Waals surface area contributed by atoms with Crippen LogP contribution in [-0.4, -0.2) is 41.7 Å². The highest BCUT2D eigenvalue weighted by Gasteiger charge is 2.17. The minimum absolute atomic E-state index is 0.495. The first-order valence-corrected chi connectivity index (χ1v) is 4.41. The van der Waals surface area contributed by atoms with Crippen molar-refractivity contribution in [3.63, 3.8) is 0 Å². The zero-order valence-electron chi connectivity index (χ0n) is 7.20. The van der Waals surface area contributed by atoms with Crippen molar-refractivity contribution in [1.82, 2.24) is 4.90 Å². The van der Waals surface area contributed by atoms with Crippen molar-refractivity contribution in [3.8, 4) is 0 Å². The Morgan fingerprint density at radius 2 is 2.00 bits per heavy atom. The first-order chi connectivity index (χ1) is 5.70. The van der Waals surface area contributed by atoms with Crippen molar-refractivity contribution >= 4 is 5.97 Å². The van der Waals surface area contributed by atoms with E-state index in [1.165, 1.54) is 19.3 Å². The fourth-order valence-corrected chi connectivity index (χ4v) is 1.50. The van der Waals surface area contributed by atoms with Gasteiger partial charge in [0.15, 0.2) is 0 Å². The molecule has 0 aromatic heterocycles. The summed E-state index contributed by atoms with van der Waals surface area (Å²) in [6.45, 7) is 2.50. The molecular formula is C8H16N2O2. The summed E-state index contributed by atoms with van der Waals surface area (Å²) in [7, 11) is 0. The number of hydrogen-bond acceptors (Lipinski definition) is 3. The van der Waals surface area contributed by atoms with Crippen molar-refractivity contribution in [2.75, 3.05) is 19.6 Å². The molecule has 1 rings (SSSR count). The van der Waals surface area contributed by atoms with Gasteiger partial charge in [0, 0.05) is 6.54 Å². The number of aliphatic carboxylic acids is 1. The summed E-state index contributed by atoms with van der Waals surface area (Å²) in [4.78, 5) is 12.5. The first kappa shape index (κ1) is 9.48. The van der Waals surface area contributed by atoms with E-state index in [9.17, 15) is 4.79 Å². The van der Waals surface area contributed by atoms with Crippen LogP contribution in [0.2, 0.25) is 0 Å². The molecule has 0 bridgehead atoms. The van der Waals surface area contributed by atoms with Gasteiger partial charge < -0.3 is 15.7 Å². The van der Waals surface area contributed by atoms with Gasteiger partial charge in [-0.3, -0.25) is 4.79 Å². The van der Waals surface area contributed by atoms with E-state index in [0.717, 1.165) is 13.1 Å². The molecule has 12 heavy (non-hydrogen) atoms. The third kappa shape index (κ3) is 2.79. The van der Waals surface area contributed by atoms with E-state index < -0.39 is 12.0 Å². The van der Waals surface area contributed by atoms with Crippen LogP contribution in [0.15, 0.2) is 0 Å². The van der Waals surface area contributed by atoms with Gasteiger partial charge in [-0.1, -0.05) is 6.42 Å². The summed E-state index contributed by atoms with van der Waals surface area (Å²) in [5.74, 6) is -0.902. The summed E-state index contributed by atoms with van der Waals surface area (Å²) in [5, 5.41) is 8.56. The molecule has 1 aliphatic heterocycles. The van der Waals surface area contributed by atoms with Gasteiger partial charge >= 0.3 is 5.97 Å². The molecule has 0 aromatic carbocycles. The Hall–Kier alpha value is -0.610. The zero-order valence-corrected chi connectivity index (χ0v) is 7.20. The fourth-order valence-electron chi connectivity index (χ4n) is 1.50. The summed E-state index contributed by atoms with van der Waals surface area (Å²) in [6, 6.07) is -0.719. The SMILES string of the molecule is N[C@@H](CN1CCCCC1)C(=O)O. The third-order valence-corrected chi connectivity index (χ3v) is 2.22. The maximum Gasteiger partial charge on any atom is 0.321 e. The van der Waals surface area contributed by atoms with Gasteiger partial charge in [-0.2, -0.15) is 0 Å².